The average Bonchev–Trinajstić information content (AvgIpc) is 2.42. The van der Waals surface area contributed by atoms with E-state index in [4.69, 9.17) is 12.2 Å². The Bertz CT molecular complexity index is 414. The molecule has 6 nitrogen and oxygen atoms in total. The fourth-order valence-electron chi connectivity index (χ4n) is 1.14. The maximum atomic E-state index is 11.3. The van der Waals surface area contributed by atoms with Crippen LogP contribution in [0.3, 0.4) is 0 Å². The van der Waals surface area contributed by atoms with E-state index >= 15 is 0 Å². The van der Waals surface area contributed by atoms with Crippen molar-refractivity contribution in [3.8, 4) is 0 Å². The van der Waals surface area contributed by atoms with Gasteiger partial charge >= 0.3 is 5.69 Å². The topological polar surface area (TPSA) is 82.7 Å². The molecule has 0 fully saturated rings. The Hall–Kier alpha value is -1.37. The van der Waals surface area contributed by atoms with Crippen molar-refractivity contribution < 1.29 is 4.79 Å². The molecule has 0 atom stereocenters. The number of hydrogen-bond acceptors (Lipinski definition) is 3. The van der Waals surface area contributed by atoms with Crippen LogP contribution in [0.4, 0.5) is 0 Å². The first-order valence-electron chi connectivity index (χ1n) is 4.67. The first-order chi connectivity index (χ1) is 7.00. The van der Waals surface area contributed by atoms with Gasteiger partial charge in [-0.2, -0.15) is 0 Å². The van der Waals surface area contributed by atoms with Crippen molar-refractivity contribution in [2.75, 3.05) is 0 Å². The van der Waals surface area contributed by atoms with Gasteiger partial charge in [0.1, 0.15) is 0 Å². The predicted octanol–water partition coefficient (Wildman–Crippen LogP) is 0.149. The summed E-state index contributed by atoms with van der Waals surface area (Å²) in [7, 11) is 0. The SMILES string of the molecule is CC(C)NC(=O)CCn1c(=O)[nH][nH]c1=S. The van der Waals surface area contributed by atoms with Crippen LogP contribution in [0.2, 0.25) is 0 Å². The fourth-order valence-corrected chi connectivity index (χ4v) is 1.37. The van der Waals surface area contributed by atoms with Crippen LogP contribution < -0.4 is 11.0 Å². The molecule has 7 heteroatoms. The number of amides is 1. The molecule has 0 unspecified atom stereocenters. The van der Waals surface area contributed by atoms with Gasteiger partial charge in [-0.3, -0.25) is 14.5 Å². The van der Waals surface area contributed by atoms with Gasteiger partial charge in [-0.25, -0.2) is 9.89 Å². The lowest BCUT2D eigenvalue weighted by molar-refractivity contribution is -0.121. The number of H-pyrrole nitrogens is 2. The smallest absolute Gasteiger partial charge is 0.342 e. The van der Waals surface area contributed by atoms with E-state index < -0.39 is 0 Å². The third-order valence-corrected chi connectivity index (χ3v) is 2.10. The molecule has 84 valence electrons. The lowest BCUT2D eigenvalue weighted by atomic mass is 10.3. The highest BCUT2D eigenvalue weighted by atomic mass is 32.1. The lowest BCUT2D eigenvalue weighted by Gasteiger charge is -2.07. The highest BCUT2D eigenvalue weighted by Crippen LogP contribution is 1.89. The van der Waals surface area contributed by atoms with Crippen LogP contribution in [0.1, 0.15) is 20.3 Å². The van der Waals surface area contributed by atoms with Crippen molar-refractivity contribution >= 4 is 18.1 Å². The molecule has 0 aliphatic heterocycles. The Labute approximate surface area is 91.7 Å². The van der Waals surface area contributed by atoms with E-state index in [0.717, 1.165) is 0 Å². The lowest BCUT2D eigenvalue weighted by Crippen LogP contribution is -2.31. The van der Waals surface area contributed by atoms with E-state index in [1.807, 2.05) is 13.8 Å². The van der Waals surface area contributed by atoms with Crippen molar-refractivity contribution in [1.29, 1.82) is 0 Å². The summed E-state index contributed by atoms with van der Waals surface area (Å²) in [5, 5.41) is 7.59. The van der Waals surface area contributed by atoms with Crippen LogP contribution in [0.5, 0.6) is 0 Å². The second-order valence-electron chi connectivity index (χ2n) is 3.48. The minimum absolute atomic E-state index is 0.0903. The van der Waals surface area contributed by atoms with Gasteiger partial charge in [0, 0.05) is 19.0 Å². The molecule has 1 heterocycles. The number of carbonyl (C=O) groups excluding carboxylic acids is 1. The first kappa shape index (κ1) is 11.7. The second-order valence-corrected chi connectivity index (χ2v) is 3.87. The number of aromatic nitrogens is 3. The van der Waals surface area contributed by atoms with Crippen molar-refractivity contribution in [3.05, 3.63) is 15.3 Å². The van der Waals surface area contributed by atoms with Crippen molar-refractivity contribution in [1.82, 2.24) is 20.1 Å². The molecule has 0 bridgehead atoms. The number of aromatic amines is 2. The Morgan fingerprint density at radius 2 is 2.20 bits per heavy atom. The molecule has 0 spiro atoms. The van der Waals surface area contributed by atoms with Gasteiger partial charge in [0.05, 0.1) is 0 Å². The average molecular weight is 230 g/mol. The summed E-state index contributed by atoms with van der Waals surface area (Å²) in [6.07, 6.45) is 0.243. The molecule has 1 amide bonds. The molecule has 0 radical (unpaired) electrons. The molecule has 0 saturated carbocycles. The summed E-state index contributed by atoms with van der Waals surface area (Å²) in [6.45, 7) is 4.05. The highest BCUT2D eigenvalue weighted by Gasteiger charge is 2.05. The Kier molecular flexibility index (Phi) is 3.84. The molecule has 0 aromatic carbocycles. The number of rotatable bonds is 4. The molecule has 1 rings (SSSR count). The van der Waals surface area contributed by atoms with Crippen molar-refractivity contribution in [3.63, 3.8) is 0 Å². The normalized spacial score (nSPS) is 10.6. The zero-order valence-corrected chi connectivity index (χ0v) is 9.48. The van der Waals surface area contributed by atoms with E-state index in [-0.39, 0.29) is 30.6 Å². The summed E-state index contributed by atoms with van der Waals surface area (Å²) in [6, 6.07) is 0.106. The van der Waals surface area contributed by atoms with Gasteiger partial charge in [-0.15, -0.1) is 0 Å². The number of hydrogen-bond donors (Lipinski definition) is 3. The van der Waals surface area contributed by atoms with Crippen LogP contribution in [-0.2, 0) is 11.3 Å². The van der Waals surface area contributed by atoms with Crippen molar-refractivity contribution in [2.45, 2.75) is 32.9 Å². The summed E-state index contributed by atoms with van der Waals surface area (Å²) >= 11 is 4.86. The van der Waals surface area contributed by atoms with Gasteiger partial charge in [-0.1, -0.05) is 0 Å². The molecule has 0 aliphatic rings. The molecule has 15 heavy (non-hydrogen) atoms. The minimum atomic E-state index is -0.322. The summed E-state index contributed by atoms with van der Waals surface area (Å²) in [5.41, 5.74) is -0.322. The van der Waals surface area contributed by atoms with Crippen LogP contribution in [0.25, 0.3) is 0 Å². The van der Waals surface area contributed by atoms with Gasteiger partial charge in [0.2, 0.25) is 5.91 Å². The molecule has 3 N–H and O–H groups in total. The number of nitrogens with one attached hydrogen (secondary N) is 3. The Balaban J connectivity index is 2.55. The number of nitrogens with zero attached hydrogens (tertiary/aromatic N) is 1. The van der Waals surface area contributed by atoms with E-state index in [0.29, 0.717) is 4.77 Å². The maximum Gasteiger partial charge on any atom is 0.342 e. The molecule has 0 saturated heterocycles. The third kappa shape index (κ3) is 3.35. The zero-order chi connectivity index (χ0) is 11.4. The summed E-state index contributed by atoms with van der Waals surface area (Å²) in [5.74, 6) is -0.0903. The van der Waals surface area contributed by atoms with E-state index in [9.17, 15) is 9.59 Å². The molecular formula is C8H14N4O2S. The quantitative estimate of drug-likeness (QED) is 0.644. The summed E-state index contributed by atoms with van der Waals surface area (Å²) in [4.78, 5) is 22.4. The molecule has 1 aromatic rings. The standard InChI is InChI=1S/C8H14N4O2S/c1-5(2)9-6(13)3-4-12-7(14)10-11-8(12)15/h5H,3-4H2,1-2H3,(H,9,13)(H,10,14)(H,11,15). The highest BCUT2D eigenvalue weighted by molar-refractivity contribution is 7.71. The second kappa shape index (κ2) is 4.92. The van der Waals surface area contributed by atoms with E-state index in [1.165, 1.54) is 4.57 Å². The van der Waals surface area contributed by atoms with Gasteiger partial charge < -0.3 is 5.32 Å². The van der Waals surface area contributed by atoms with Gasteiger partial charge in [-0.05, 0) is 26.1 Å². The van der Waals surface area contributed by atoms with Crippen LogP contribution in [-0.4, -0.2) is 26.7 Å². The van der Waals surface area contributed by atoms with Crippen LogP contribution >= 0.6 is 12.2 Å². The van der Waals surface area contributed by atoms with Gasteiger partial charge in [0.15, 0.2) is 4.77 Å². The van der Waals surface area contributed by atoms with Gasteiger partial charge in [0.25, 0.3) is 0 Å². The number of carbonyl (C=O) groups is 1. The van der Waals surface area contributed by atoms with E-state index in [2.05, 4.69) is 15.5 Å². The molecule has 0 aliphatic carbocycles. The fraction of sp³-hybridized carbons (Fsp3) is 0.625. The minimum Gasteiger partial charge on any atom is -0.354 e. The third-order valence-electron chi connectivity index (χ3n) is 1.78. The van der Waals surface area contributed by atoms with E-state index in [1.54, 1.807) is 0 Å². The monoisotopic (exact) mass is 230 g/mol. The first-order valence-corrected chi connectivity index (χ1v) is 5.08. The Morgan fingerprint density at radius 1 is 1.53 bits per heavy atom. The largest absolute Gasteiger partial charge is 0.354 e. The molecular weight excluding hydrogens is 216 g/mol. The van der Waals surface area contributed by atoms with Crippen LogP contribution in [0, 0.1) is 4.77 Å². The summed E-state index contributed by atoms with van der Waals surface area (Å²) < 4.78 is 1.62. The predicted molar refractivity (Wildman–Crippen MR) is 58.1 cm³/mol. The van der Waals surface area contributed by atoms with Crippen molar-refractivity contribution in [2.24, 2.45) is 0 Å². The Morgan fingerprint density at radius 3 is 2.67 bits per heavy atom. The molecule has 1 aromatic heterocycles. The van der Waals surface area contributed by atoms with Crippen LogP contribution in [0.15, 0.2) is 4.79 Å². The zero-order valence-electron chi connectivity index (χ0n) is 8.66. The maximum absolute atomic E-state index is 11.3.